The molecule has 0 aliphatic heterocycles. The lowest BCUT2D eigenvalue weighted by molar-refractivity contribution is 0.0473. The summed E-state index contributed by atoms with van der Waals surface area (Å²) >= 11 is 0. The zero-order valence-electron chi connectivity index (χ0n) is 17.5. The summed E-state index contributed by atoms with van der Waals surface area (Å²) in [6.45, 7) is -0.00806. The molecule has 0 fully saturated rings. The lowest BCUT2D eigenvalue weighted by atomic mass is 9.94. The third-order valence-corrected chi connectivity index (χ3v) is 4.94. The highest BCUT2D eigenvalue weighted by Gasteiger charge is 2.25. The number of hydrogen-bond donors (Lipinski definition) is 0. The van der Waals surface area contributed by atoms with Crippen LogP contribution < -0.4 is 19.8 Å². The quantitative estimate of drug-likeness (QED) is 0.388. The minimum atomic E-state index is -0.497. The Hall–Kier alpha value is -3.77. The Bertz CT molecular complexity index is 1250. The van der Waals surface area contributed by atoms with Gasteiger partial charge in [0.25, 0.3) is 0 Å². The fourth-order valence-corrected chi connectivity index (χ4v) is 3.61. The molecule has 0 saturated heterocycles. The molecule has 0 spiro atoms. The summed E-state index contributed by atoms with van der Waals surface area (Å²) in [5, 5.41) is 0.910. The standard InChI is InChI=1S/C25H22O6/c1-27-15-30-23-19(28-2)14-18-21(24(23)29-3)20(16-10-6-4-7-11-16)22(31-25(18)26)17-12-8-5-9-13-17/h4-14H,15H2,1-3H3. The highest BCUT2D eigenvalue weighted by atomic mass is 16.7. The van der Waals surface area contributed by atoms with Crippen LogP contribution in [0.25, 0.3) is 33.2 Å². The Kier molecular flexibility index (Phi) is 5.91. The molecule has 1 heterocycles. The lowest BCUT2D eigenvalue weighted by Gasteiger charge is -2.19. The minimum absolute atomic E-state index is 0.00806. The summed E-state index contributed by atoms with van der Waals surface area (Å²) in [4.78, 5) is 13.1. The van der Waals surface area contributed by atoms with Gasteiger partial charge in [0.15, 0.2) is 18.3 Å². The molecule has 0 bridgehead atoms. The van der Waals surface area contributed by atoms with Crippen LogP contribution in [0, 0.1) is 0 Å². The fourth-order valence-electron chi connectivity index (χ4n) is 3.61. The summed E-state index contributed by atoms with van der Waals surface area (Å²) in [6.07, 6.45) is 0. The van der Waals surface area contributed by atoms with Gasteiger partial charge < -0.3 is 23.4 Å². The van der Waals surface area contributed by atoms with Gasteiger partial charge in [0, 0.05) is 23.6 Å². The van der Waals surface area contributed by atoms with E-state index in [-0.39, 0.29) is 6.79 Å². The number of rotatable bonds is 7. The van der Waals surface area contributed by atoms with Gasteiger partial charge in [-0.1, -0.05) is 60.7 Å². The van der Waals surface area contributed by atoms with Crippen molar-refractivity contribution >= 4 is 10.8 Å². The molecule has 0 atom stereocenters. The van der Waals surface area contributed by atoms with Crippen LogP contribution >= 0.6 is 0 Å². The van der Waals surface area contributed by atoms with Crippen LogP contribution in [0.2, 0.25) is 0 Å². The monoisotopic (exact) mass is 418 g/mol. The van der Waals surface area contributed by atoms with Gasteiger partial charge in [-0.2, -0.15) is 0 Å². The zero-order valence-corrected chi connectivity index (χ0v) is 17.5. The Balaban J connectivity index is 2.19. The second-order valence-electron chi connectivity index (χ2n) is 6.74. The van der Waals surface area contributed by atoms with Crippen LogP contribution in [0.1, 0.15) is 0 Å². The Labute approximate surface area is 179 Å². The molecule has 3 aromatic carbocycles. The maximum absolute atomic E-state index is 13.1. The van der Waals surface area contributed by atoms with Crippen LogP contribution in [0.15, 0.2) is 75.9 Å². The van der Waals surface area contributed by atoms with E-state index in [2.05, 4.69) is 0 Å². The molecule has 6 nitrogen and oxygen atoms in total. The van der Waals surface area contributed by atoms with Crippen LogP contribution in [-0.4, -0.2) is 28.1 Å². The Morgan fingerprint density at radius 1 is 0.806 bits per heavy atom. The van der Waals surface area contributed by atoms with Gasteiger partial charge in [0.2, 0.25) is 5.75 Å². The number of methoxy groups -OCH3 is 3. The highest BCUT2D eigenvalue weighted by molar-refractivity contribution is 6.07. The van der Waals surface area contributed by atoms with E-state index in [1.165, 1.54) is 21.3 Å². The Morgan fingerprint density at radius 2 is 1.45 bits per heavy atom. The van der Waals surface area contributed by atoms with E-state index in [0.717, 1.165) is 16.7 Å². The molecule has 31 heavy (non-hydrogen) atoms. The summed E-state index contributed by atoms with van der Waals surface area (Å²) in [5.41, 5.74) is 1.88. The molecule has 1 aromatic heterocycles. The molecule has 0 amide bonds. The molecule has 0 N–H and O–H groups in total. The van der Waals surface area contributed by atoms with Gasteiger partial charge in [-0.05, 0) is 11.6 Å². The third kappa shape index (κ3) is 3.73. The lowest BCUT2D eigenvalue weighted by Crippen LogP contribution is -2.08. The van der Waals surface area contributed by atoms with E-state index in [9.17, 15) is 4.79 Å². The first-order chi connectivity index (χ1) is 15.2. The molecule has 0 unspecified atom stereocenters. The van der Waals surface area contributed by atoms with E-state index in [1.54, 1.807) is 6.07 Å². The minimum Gasteiger partial charge on any atom is -0.493 e. The average molecular weight is 418 g/mol. The first-order valence-electron chi connectivity index (χ1n) is 9.68. The molecule has 6 heteroatoms. The second-order valence-corrected chi connectivity index (χ2v) is 6.74. The summed E-state index contributed by atoms with van der Waals surface area (Å²) in [7, 11) is 4.55. The molecule has 4 rings (SSSR count). The van der Waals surface area contributed by atoms with Crippen LogP contribution in [-0.2, 0) is 4.74 Å². The van der Waals surface area contributed by atoms with E-state index < -0.39 is 5.63 Å². The maximum Gasteiger partial charge on any atom is 0.344 e. The number of benzene rings is 3. The summed E-state index contributed by atoms with van der Waals surface area (Å²) in [6, 6.07) is 20.8. The van der Waals surface area contributed by atoms with Crippen molar-refractivity contribution in [1.82, 2.24) is 0 Å². The van der Waals surface area contributed by atoms with Crippen molar-refractivity contribution in [2.75, 3.05) is 28.1 Å². The second kappa shape index (κ2) is 8.93. The first-order valence-corrected chi connectivity index (χ1v) is 9.68. The summed E-state index contributed by atoms with van der Waals surface area (Å²) < 4.78 is 27.9. The van der Waals surface area contributed by atoms with Crippen LogP contribution in [0.5, 0.6) is 17.2 Å². The number of ether oxygens (including phenoxy) is 4. The zero-order chi connectivity index (χ0) is 21.8. The highest BCUT2D eigenvalue weighted by Crippen LogP contribution is 2.48. The molecule has 4 aromatic rings. The van der Waals surface area contributed by atoms with Crippen molar-refractivity contribution in [1.29, 1.82) is 0 Å². The molecular weight excluding hydrogens is 396 g/mol. The van der Waals surface area contributed by atoms with Crippen molar-refractivity contribution in [2.24, 2.45) is 0 Å². The molecule has 0 aliphatic carbocycles. The Morgan fingerprint density at radius 3 is 2.03 bits per heavy atom. The topological polar surface area (TPSA) is 67.1 Å². The normalized spacial score (nSPS) is 10.8. The van der Waals surface area contributed by atoms with Crippen molar-refractivity contribution in [3.8, 4) is 39.7 Å². The van der Waals surface area contributed by atoms with Crippen molar-refractivity contribution in [3.05, 3.63) is 77.2 Å². The third-order valence-electron chi connectivity index (χ3n) is 4.94. The SMILES string of the molecule is COCOc1c(OC)cc2c(=O)oc(-c3ccccc3)c(-c3ccccc3)c2c1OC. The van der Waals surface area contributed by atoms with E-state index in [4.69, 9.17) is 23.4 Å². The van der Waals surface area contributed by atoms with E-state index in [0.29, 0.717) is 33.8 Å². The smallest absolute Gasteiger partial charge is 0.344 e. The maximum atomic E-state index is 13.1. The van der Waals surface area contributed by atoms with Crippen molar-refractivity contribution < 1.29 is 23.4 Å². The van der Waals surface area contributed by atoms with Crippen LogP contribution in [0.3, 0.4) is 0 Å². The molecule has 0 aliphatic rings. The van der Waals surface area contributed by atoms with E-state index in [1.807, 2.05) is 60.7 Å². The van der Waals surface area contributed by atoms with Gasteiger partial charge in [-0.25, -0.2) is 4.79 Å². The van der Waals surface area contributed by atoms with Gasteiger partial charge in [0.1, 0.15) is 5.76 Å². The number of fused-ring (bicyclic) bond motifs is 1. The van der Waals surface area contributed by atoms with Gasteiger partial charge in [0.05, 0.1) is 19.6 Å². The van der Waals surface area contributed by atoms with Gasteiger partial charge >= 0.3 is 5.63 Å². The fraction of sp³-hybridized carbons (Fsp3) is 0.160. The molecule has 0 saturated carbocycles. The summed E-state index contributed by atoms with van der Waals surface area (Å²) in [5.74, 6) is 1.52. The number of hydrogen-bond acceptors (Lipinski definition) is 6. The van der Waals surface area contributed by atoms with E-state index >= 15 is 0 Å². The predicted octanol–water partition coefficient (Wildman–Crippen LogP) is 5.13. The average Bonchev–Trinajstić information content (AvgIpc) is 2.82. The molecular formula is C25H22O6. The van der Waals surface area contributed by atoms with Gasteiger partial charge in [-0.15, -0.1) is 0 Å². The predicted molar refractivity (Wildman–Crippen MR) is 119 cm³/mol. The first kappa shape index (κ1) is 20.5. The molecule has 158 valence electrons. The van der Waals surface area contributed by atoms with Gasteiger partial charge in [-0.3, -0.25) is 0 Å². The van der Waals surface area contributed by atoms with Crippen molar-refractivity contribution in [2.45, 2.75) is 0 Å². The largest absolute Gasteiger partial charge is 0.493 e. The van der Waals surface area contributed by atoms with Crippen molar-refractivity contribution in [3.63, 3.8) is 0 Å². The van der Waals surface area contributed by atoms with Crippen LogP contribution in [0.4, 0.5) is 0 Å². The molecule has 0 radical (unpaired) electrons.